The summed E-state index contributed by atoms with van der Waals surface area (Å²) in [6, 6.07) is 4.20. The van der Waals surface area contributed by atoms with E-state index in [1.165, 1.54) is 18.4 Å². The molecular weight excluding hydrogens is 334 g/mol. The summed E-state index contributed by atoms with van der Waals surface area (Å²) < 4.78 is 7.26. The molecule has 1 saturated carbocycles. The highest BCUT2D eigenvalue weighted by atomic mass is 79.9. The standard InChI is InChI=1S/C12H15Br2NO/c1-16-12-10(13)4-9(5-11(12)14)7-15-6-8-2-3-8/h4-5,8,15H,2-3,6-7H2,1H3. The van der Waals surface area contributed by atoms with E-state index in [9.17, 15) is 0 Å². The third-order valence-electron chi connectivity index (χ3n) is 2.72. The van der Waals surface area contributed by atoms with Crippen molar-refractivity contribution in [2.45, 2.75) is 19.4 Å². The molecule has 0 spiro atoms. The second kappa shape index (κ2) is 5.52. The Hall–Kier alpha value is -0.0600. The van der Waals surface area contributed by atoms with Crippen LogP contribution in [0.1, 0.15) is 18.4 Å². The van der Waals surface area contributed by atoms with E-state index in [1.54, 1.807) is 7.11 Å². The van der Waals surface area contributed by atoms with E-state index in [1.807, 2.05) is 0 Å². The van der Waals surface area contributed by atoms with Gasteiger partial charge >= 0.3 is 0 Å². The van der Waals surface area contributed by atoms with Gasteiger partial charge in [0.1, 0.15) is 5.75 Å². The summed E-state index contributed by atoms with van der Waals surface area (Å²) in [5.74, 6) is 1.77. The van der Waals surface area contributed by atoms with E-state index >= 15 is 0 Å². The third kappa shape index (κ3) is 3.22. The number of halogens is 2. The van der Waals surface area contributed by atoms with Crippen LogP contribution in [0.4, 0.5) is 0 Å². The normalized spacial score (nSPS) is 15.2. The minimum atomic E-state index is 0.853. The number of rotatable bonds is 5. The van der Waals surface area contributed by atoms with Crippen molar-refractivity contribution in [1.29, 1.82) is 0 Å². The Kier molecular flexibility index (Phi) is 4.27. The summed E-state index contributed by atoms with van der Waals surface area (Å²) in [4.78, 5) is 0. The predicted octanol–water partition coefficient (Wildman–Crippen LogP) is 3.72. The van der Waals surface area contributed by atoms with E-state index in [0.717, 1.165) is 33.7 Å². The molecule has 2 nitrogen and oxygen atoms in total. The zero-order chi connectivity index (χ0) is 11.5. The quantitative estimate of drug-likeness (QED) is 0.875. The van der Waals surface area contributed by atoms with Gasteiger partial charge in [-0.1, -0.05) is 0 Å². The van der Waals surface area contributed by atoms with Gasteiger partial charge in [-0.15, -0.1) is 0 Å². The molecule has 0 heterocycles. The summed E-state index contributed by atoms with van der Waals surface area (Å²) in [5.41, 5.74) is 1.26. The van der Waals surface area contributed by atoms with E-state index in [-0.39, 0.29) is 0 Å². The first-order valence-electron chi connectivity index (χ1n) is 5.43. The number of ether oxygens (including phenoxy) is 1. The maximum absolute atomic E-state index is 5.27. The SMILES string of the molecule is COc1c(Br)cc(CNCC2CC2)cc1Br. The molecule has 0 aliphatic heterocycles. The molecule has 1 aliphatic rings. The van der Waals surface area contributed by atoms with Crippen LogP contribution >= 0.6 is 31.9 Å². The highest BCUT2D eigenvalue weighted by molar-refractivity contribution is 9.11. The highest BCUT2D eigenvalue weighted by Crippen LogP contribution is 2.34. The zero-order valence-corrected chi connectivity index (χ0v) is 12.4. The third-order valence-corrected chi connectivity index (χ3v) is 3.90. The summed E-state index contributed by atoms with van der Waals surface area (Å²) in [6.45, 7) is 2.05. The van der Waals surface area contributed by atoms with Crippen molar-refractivity contribution in [3.63, 3.8) is 0 Å². The van der Waals surface area contributed by atoms with Gasteiger partial charge in [-0.05, 0) is 74.9 Å². The second-order valence-corrected chi connectivity index (χ2v) is 5.88. The fourth-order valence-electron chi connectivity index (χ4n) is 1.65. The average molecular weight is 349 g/mol. The van der Waals surface area contributed by atoms with Crippen LogP contribution in [0.15, 0.2) is 21.1 Å². The summed E-state index contributed by atoms with van der Waals surface area (Å²) >= 11 is 7.02. The van der Waals surface area contributed by atoms with Crippen LogP contribution in [0.2, 0.25) is 0 Å². The monoisotopic (exact) mass is 347 g/mol. The largest absolute Gasteiger partial charge is 0.494 e. The first-order valence-corrected chi connectivity index (χ1v) is 7.02. The minimum Gasteiger partial charge on any atom is -0.494 e. The molecule has 0 saturated heterocycles. The molecule has 0 atom stereocenters. The molecule has 1 aromatic carbocycles. The van der Waals surface area contributed by atoms with E-state index in [0.29, 0.717) is 0 Å². The van der Waals surface area contributed by atoms with Crippen LogP contribution in [0.3, 0.4) is 0 Å². The molecule has 0 bridgehead atoms. The first kappa shape index (κ1) is 12.4. The highest BCUT2D eigenvalue weighted by Gasteiger charge is 2.20. The predicted molar refractivity (Wildman–Crippen MR) is 72.8 cm³/mol. The molecule has 0 unspecified atom stereocenters. The van der Waals surface area contributed by atoms with E-state index in [4.69, 9.17) is 4.74 Å². The molecule has 1 fully saturated rings. The van der Waals surface area contributed by atoms with Crippen molar-refractivity contribution < 1.29 is 4.74 Å². The van der Waals surface area contributed by atoms with Gasteiger partial charge < -0.3 is 10.1 Å². The van der Waals surface area contributed by atoms with Gasteiger partial charge in [-0.3, -0.25) is 0 Å². The van der Waals surface area contributed by atoms with Crippen molar-refractivity contribution in [3.8, 4) is 5.75 Å². The van der Waals surface area contributed by atoms with Gasteiger partial charge in [-0.2, -0.15) is 0 Å². The molecular formula is C12H15Br2NO. The molecule has 1 N–H and O–H groups in total. The summed E-state index contributed by atoms with van der Waals surface area (Å²) in [6.07, 6.45) is 2.78. The van der Waals surface area contributed by atoms with Crippen molar-refractivity contribution in [3.05, 3.63) is 26.6 Å². The number of hydrogen-bond donors (Lipinski definition) is 1. The fraction of sp³-hybridized carbons (Fsp3) is 0.500. The van der Waals surface area contributed by atoms with Crippen LogP contribution in [-0.2, 0) is 6.54 Å². The second-order valence-electron chi connectivity index (χ2n) is 4.17. The lowest BCUT2D eigenvalue weighted by atomic mass is 10.2. The Morgan fingerprint density at radius 2 is 1.94 bits per heavy atom. The lowest BCUT2D eigenvalue weighted by Crippen LogP contribution is -2.16. The van der Waals surface area contributed by atoms with Crippen molar-refractivity contribution in [1.82, 2.24) is 5.32 Å². The Labute approximate surface area is 113 Å². The van der Waals surface area contributed by atoms with Crippen LogP contribution in [-0.4, -0.2) is 13.7 Å². The van der Waals surface area contributed by atoms with Gasteiger partial charge in [0.15, 0.2) is 0 Å². The average Bonchev–Trinajstić information content (AvgIpc) is 3.01. The molecule has 1 aliphatic carbocycles. The van der Waals surface area contributed by atoms with Crippen LogP contribution in [0, 0.1) is 5.92 Å². The Balaban J connectivity index is 1.97. The van der Waals surface area contributed by atoms with Gasteiger partial charge in [0.05, 0.1) is 16.1 Å². The molecule has 0 aromatic heterocycles. The van der Waals surface area contributed by atoms with Crippen LogP contribution < -0.4 is 10.1 Å². The first-order chi connectivity index (χ1) is 7.70. The smallest absolute Gasteiger partial charge is 0.147 e. The van der Waals surface area contributed by atoms with E-state index in [2.05, 4.69) is 49.3 Å². The zero-order valence-electron chi connectivity index (χ0n) is 9.22. The molecule has 88 valence electrons. The van der Waals surface area contributed by atoms with Crippen molar-refractivity contribution in [2.75, 3.05) is 13.7 Å². The van der Waals surface area contributed by atoms with Gasteiger partial charge in [0.25, 0.3) is 0 Å². The van der Waals surface area contributed by atoms with Gasteiger partial charge in [-0.25, -0.2) is 0 Å². The Bertz CT molecular complexity index is 354. The van der Waals surface area contributed by atoms with E-state index < -0.39 is 0 Å². The maximum atomic E-state index is 5.27. The van der Waals surface area contributed by atoms with Crippen molar-refractivity contribution in [2.24, 2.45) is 5.92 Å². The molecule has 1 aromatic rings. The Morgan fingerprint density at radius 3 is 2.44 bits per heavy atom. The molecule has 16 heavy (non-hydrogen) atoms. The number of methoxy groups -OCH3 is 1. The molecule has 0 radical (unpaired) electrons. The lowest BCUT2D eigenvalue weighted by Gasteiger charge is -2.10. The Morgan fingerprint density at radius 1 is 1.31 bits per heavy atom. The van der Waals surface area contributed by atoms with Crippen molar-refractivity contribution >= 4 is 31.9 Å². The summed E-state index contributed by atoms with van der Waals surface area (Å²) in [7, 11) is 1.68. The molecule has 4 heteroatoms. The fourth-order valence-corrected chi connectivity index (χ4v) is 3.26. The molecule has 0 amide bonds. The van der Waals surface area contributed by atoms with Gasteiger partial charge in [0, 0.05) is 6.54 Å². The van der Waals surface area contributed by atoms with Gasteiger partial charge in [0.2, 0.25) is 0 Å². The molecule has 2 rings (SSSR count). The van der Waals surface area contributed by atoms with Crippen LogP contribution in [0.25, 0.3) is 0 Å². The van der Waals surface area contributed by atoms with Crippen LogP contribution in [0.5, 0.6) is 5.75 Å². The number of nitrogens with one attached hydrogen (secondary N) is 1. The number of hydrogen-bond acceptors (Lipinski definition) is 2. The number of benzene rings is 1. The topological polar surface area (TPSA) is 21.3 Å². The minimum absolute atomic E-state index is 0.853. The lowest BCUT2D eigenvalue weighted by molar-refractivity contribution is 0.409. The summed E-state index contributed by atoms with van der Waals surface area (Å²) in [5, 5.41) is 3.47. The maximum Gasteiger partial charge on any atom is 0.147 e.